The van der Waals surface area contributed by atoms with Crippen LogP contribution in [0, 0.1) is 28.4 Å². The normalized spacial score (nSPS) is 23.3. The molecule has 0 spiro atoms. The minimum atomic E-state index is -4.48. The summed E-state index contributed by atoms with van der Waals surface area (Å²) in [5.74, 6) is -1.78. The molecule has 5 heterocycles. The third-order valence-electron chi connectivity index (χ3n) is 10.2. The molecule has 2 aromatic carbocycles. The first-order valence-electron chi connectivity index (χ1n) is 15.5. The Labute approximate surface area is 279 Å². The van der Waals surface area contributed by atoms with Gasteiger partial charge in [-0.2, -0.15) is 28.4 Å². The van der Waals surface area contributed by atoms with E-state index in [9.17, 15) is 27.2 Å². The van der Waals surface area contributed by atoms with E-state index in [1.807, 2.05) is 11.0 Å². The first kappa shape index (κ1) is 31.5. The van der Waals surface area contributed by atoms with E-state index >= 15 is 4.39 Å². The Balaban J connectivity index is 1.33. The highest BCUT2D eigenvalue weighted by molar-refractivity contribution is 7.23. The van der Waals surface area contributed by atoms with Gasteiger partial charge >= 0.3 is 12.2 Å². The van der Waals surface area contributed by atoms with Gasteiger partial charge < -0.3 is 20.1 Å². The summed E-state index contributed by atoms with van der Waals surface area (Å²) in [6, 6.07) is 4.04. The smallest absolute Gasteiger partial charge is 0.396 e. The van der Waals surface area contributed by atoms with Crippen molar-refractivity contribution >= 4 is 54.7 Å². The Kier molecular flexibility index (Phi) is 7.15. The average Bonchev–Trinajstić information content (AvgIpc) is 3.56. The molecule has 3 fully saturated rings. The van der Waals surface area contributed by atoms with E-state index in [1.165, 1.54) is 11.0 Å². The Bertz CT molecular complexity index is 2050. The van der Waals surface area contributed by atoms with Crippen LogP contribution in [0.2, 0.25) is 5.02 Å². The quantitative estimate of drug-likeness (QED) is 0.207. The van der Waals surface area contributed by atoms with Crippen molar-refractivity contribution in [2.24, 2.45) is 5.41 Å². The summed E-state index contributed by atoms with van der Waals surface area (Å²) in [4.78, 5) is 12.4. The van der Waals surface area contributed by atoms with E-state index in [2.05, 4.69) is 9.97 Å². The van der Waals surface area contributed by atoms with Crippen LogP contribution in [0.1, 0.15) is 37.7 Å². The van der Waals surface area contributed by atoms with Gasteiger partial charge in [-0.25, -0.2) is 13.2 Å². The molecule has 8 rings (SSSR count). The van der Waals surface area contributed by atoms with Gasteiger partial charge in [0.25, 0.3) is 0 Å². The van der Waals surface area contributed by atoms with Gasteiger partial charge in [0.15, 0.2) is 11.6 Å². The fraction of sp³-hybridized carbons (Fsp3) is 0.469. The number of nitrogens with zero attached hydrogens (tertiary/aromatic N) is 5. The van der Waals surface area contributed by atoms with Crippen molar-refractivity contribution in [3.8, 4) is 29.0 Å². The lowest BCUT2D eigenvalue weighted by atomic mass is 9.95. The highest BCUT2D eigenvalue weighted by Crippen LogP contribution is 2.59. The van der Waals surface area contributed by atoms with Gasteiger partial charge in [-0.1, -0.05) is 17.7 Å². The third-order valence-corrected chi connectivity index (χ3v) is 11.6. The third kappa shape index (κ3) is 4.66. The van der Waals surface area contributed by atoms with Crippen LogP contribution in [0.3, 0.4) is 0 Å². The molecule has 48 heavy (non-hydrogen) atoms. The molecule has 2 atom stereocenters. The number of hydrogen-bond donors (Lipinski definition) is 1. The molecule has 16 heteroatoms. The number of fused-ring (bicyclic) bond motifs is 2. The molecule has 3 aliphatic heterocycles. The minimum absolute atomic E-state index is 0.00538. The summed E-state index contributed by atoms with van der Waals surface area (Å²) in [6.45, 7) is 0.348. The summed E-state index contributed by atoms with van der Waals surface area (Å²) in [6.07, 6.45) is -3.90. The summed E-state index contributed by atoms with van der Waals surface area (Å²) >= 11 is 7.71. The number of halogens is 7. The number of nitriles is 1. The highest BCUT2D eigenvalue weighted by atomic mass is 35.5. The molecule has 2 aromatic heterocycles. The van der Waals surface area contributed by atoms with Crippen molar-refractivity contribution in [1.82, 2.24) is 14.9 Å². The fourth-order valence-corrected chi connectivity index (χ4v) is 8.90. The number of alkyl halides is 4. The van der Waals surface area contributed by atoms with Crippen LogP contribution in [0.4, 0.5) is 37.2 Å². The summed E-state index contributed by atoms with van der Waals surface area (Å²) in [5.41, 5.74) is 2.85. The molecule has 4 aliphatic rings. The number of benzene rings is 2. The number of hydrogen-bond acceptors (Lipinski definition) is 9. The van der Waals surface area contributed by atoms with Gasteiger partial charge in [-0.3, -0.25) is 4.90 Å². The second kappa shape index (κ2) is 10.9. The van der Waals surface area contributed by atoms with Gasteiger partial charge in [-0.05, 0) is 43.9 Å². The van der Waals surface area contributed by atoms with E-state index in [0.717, 1.165) is 23.8 Å². The van der Waals surface area contributed by atoms with Crippen LogP contribution in [0.15, 0.2) is 12.1 Å². The van der Waals surface area contributed by atoms with Crippen LogP contribution in [0.5, 0.6) is 11.8 Å². The molecule has 8 nitrogen and oxygen atoms in total. The molecular weight excluding hydrogens is 682 g/mol. The minimum Gasteiger partial charge on any atom is -0.489 e. The second-order valence-corrected chi connectivity index (χ2v) is 14.5. The molecule has 0 amide bonds. The predicted octanol–water partition coefficient (Wildman–Crippen LogP) is 7.39. The molecular formula is C32H27ClF6N6O2S. The molecule has 252 valence electrons. The zero-order valence-corrected chi connectivity index (χ0v) is 26.8. The summed E-state index contributed by atoms with van der Waals surface area (Å²) in [5, 5.41) is 9.65. The summed E-state index contributed by atoms with van der Waals surface area (Å²) in [7, 11) is 0. The van der Waals surface area contributed by atoms with E-state index in [0.29, 0.717) is 13.0 Å². The van der Waals surface area contributed by atoms with Crippen LogP contribution >= 0.6 is 22.9 Å². The summed E-state index contributed by atoms with van der Waals surface area (Å²) < 4.78 is 101. The van der Waals surface area contributed by atoms with Crippen molar-refractivity contribution in [3.63, 3.8) is 0 Å². The number of ether oxygens (including phenoxy) is 2. The molecule has 0 unspecified atom stereocenters. The largest absolute Gasteiger partial charge is 0.489 e. The lowest BCUT2D eigenvalue weighted by molar-refractivity contribution is -0.184. The first-order chi connectivity index (χ1) is 22.9. The molecule has 2 saturated heterocycles. The van der Waals surface area contributed by atoms with Crippen molar-refractivity contribution in [2.75, 3.05) is 50.0 Å². The van der Waals surface area contributed by atoms with Gasteiger partial charge in [-0.15, -0.1) is 11.3 Å². The van der Waals surface area contributed by atoms with Crippen LogP contribution in [0.25, 0.3) is 32.1 Å². The fourth-order valence-electron chi connectivity index (χ4n) is 7.62. The molecule has 0 bridgehead atoms. The number of thiophene rings is 1. The van der Waals surface area contributed by atoms with Crippen molar-refractivity contribution in [3.05, 3.63) is 34.4 Å². The molecule has 4 aromatic rings. The van der Waals surface area contributed by atoms with Gasteiger partial charge in [0.05, 0.1) is 38.2 Å². The lowest BCUT2D eigenvalue weighted by Gasteiger charge is -2.31. The van der Waals surface area contributed by atoms with Crippen molar-refractivity contribution in [2.45, 2.75) is 50.0 Å². The SMILES string of the molecule is N#Cc1c(N)sc2c(F)ccc(-c3c(Cl)c4c5c(nc(OC[C@@]67CCCN6C[C@H](F)C7)nc5c3F)N(CC3(C(F)(F)F)CC3)CCO4)c12. The first-order valence-corrected chi connectivity index (χ1v) is 16.7. The highest BCUT2D eigenvalue weighted by Gasteiger charge is 2.64. The van der Waals surface area contributed by atoms with Gasteiger partial charge in [0.2, 0.25) is 0 Å². The Morgan fingerprint density at radius 2 is 1.96 bits per heavy atom. The van der Waals surface area contributed by atoms with Crippen LogP contribution in [-0.4, -0.2) is 72.1 Å². The van der Waals surface area contributed by atoms with E-state index in [1.54, 1.807) is 0 Å². The number of aromatic nitrogens is 2. The van der Waals surface area contributed by atoms with E-state index in [4.69, 9.17) is 26.8 Å². The number of nitrogens with two attached hydrogens (primary N) is 1. The average molecular weight is 709 g/mol. The zero-order chi connectivity index (χ0) is 33.7. The topological polar surface area (TPSA) is 101 Å². The Morgan fingerprint density at radius 3 is 2.69 bits per heavy atom. The molecule has 0 radical (unpaired) electrons. The predicted molar refractivity (Wildman–Crippen MR) is 168 cm³/mol. The van der Waals surface area contributed by atoms with Crippen molar-refractivity contribution in [1.29, 1.82) is 5.26 Å². The van der Waals surface area contributed by atoms with Crippen molar-refractivity contribution < 1.29 is 35.8 Å². The monoisotopic (exact) mass is 708 g/mol. The Morgan fingerprint density at radius 1 is 1.17 bits per heavy atom. The van der Waals surface area contributed by atoms with Crippen LogP contribution < -0.4 is 20.1 Å². The van der Waals surface area contributed by atoms with Gasteiger partial charge in [0.1, 0.15) is 47.6 Å². The lowest BCUT2D eigenvalue weighted by Crippen LogP contribution is -2.43. The van der Waals surface area contributed by atoms with Crippen LogP contribution in [-0.2, 0) is 0 Å². The standard InChI is InChI=1S/C32H27ClF6N6O2S/c33-22-20(16-2-3-18(35)26-19(16)17(11-40)27(41)48-26)23(36)24-21-25(22)46-9-8-44(13-30(5-6-30)32(37,38)39)28(21)43-29(42-24)47-14-31-4-1-7-45(31)12-15(34)10-31/h2-3,15H,1,4-10,12-14,41H2/t15-,31+/m1/s1. The second-order valence-electron chi connectivity index (χ2n) is 13.0. The Hall–Kier alpha value is -3.74. The molecule has 1 aliphatic carbocycles. The van der Waals surface area contributed by atoms with E-state index < -0.39 is 41.5 Å². The van der Waals surface area contributed by atoms with Gasteiger partial charge in [0, 0.05) is 30.5 Å². The maximum atomic E-state index is 17.0. The maximum Gasteiger partial charge on any atom is 0.396 e. The molecule has 2 N–H and O–H groups in total. The van der Waals surface area contributed by atoms with E-state index in [-0.39, 0.29) is 111 Å². The zero-order valence-electron chi connectivity index (χ0n) is 25.2. The number of rotatable bonds is 6. The molecule has 1 saturated carbocycles. The number of nitrogen functional groups attached to an aromatic ring is 1. The number of anilines is 2. The maximum absolute atomic E-state index is 17.0.